The van der Waals surface area contributed by atoms with E-state index in [0.717, 1.165) is 6.42 Å². The van der Waals surface area contributed by atoms with Crippen LogP contribution in [0.3, 0.4) is 0 Å². The van der Waals surface area contributed by atoms with Crippen LogP contribution in [-0.2, 0) is 0 Å². The lowest BCUT2D eigenvalue weighted by molar-refractivity contribution is 0.732. The first kappa shape index (κ1) is 33.1. The summed E-state index contributed by atoms with van der Waals surface area (Å²) in [5.74, 6) is 0.662. The second-order valence-corrected chi connectivity index (χ2v) is 7.83. The minimum absolute atomic E-state index is 0.662. The summed E-state index contributed by atoms with van der Waals surface area (Å²) < 4.78 is 0. The molecule has 0 saturated carbocycles. The van der Waals surface area contributed by atoms with Crippen LogP contribution in [0.4, 0.5) is 0 Å². The average molecular weight is 457 g/mol. The van der Waals surface area contributed by atoms with E-state index in [9.17, 15) is 0 Å². The molecule has 0 bridgehead atoms. The summed E-state index contributed by atoms with van der Waals surface area (Å²) in [6.45, 7) is 20.5. The number of hydrogen-bond acceptors (Lipinski definition) is 0. The maximum absolute atomic E-state index is 3.61. The topological polar surface area (TPSA) is 0 Å². The maximum atomic E-state index is 3.61. The third kappa shape index (κ3) is 22.1. The molecule has 184 valence electrons. The largest absolute Gasteiger partial charge is 0.0991 e. The monoisotopic (exact) mass is 456 g/mol. The molecule has 0 N–H and O–H groups in total. The van der Waals surface area contributed by atoms with E-state index in [4.69, 9.17) is 0 Å². The van der Waals surface area contributed by atoms with Crippen LogP contribution in [-0.4, -0.2) is 0 Å². The molecule has 0 aliphatic carbocycles. The number of aryl methyl sites for hydroxylation is 3. The van der Waals surface area contributed by atoms with Gasteiger partial charge in [-0.05, 0) is 33.1 Å². The lowest BCUT2D eigenvalue weighted by Gasteiger charge is -2.06. The zero-order chi connectivity index (χ0) is 26.0. The third-order valence-corrected chi connectivity index (χ3v) is 4.53. The number of hydrogen-bond donors (Lipinski definition) is 0. The van der Waals surface area contributed by atoms with E-state index >= 15 is 0 Å². The summed E-state index contributed by atoms with van der Waals surface area (Å²) in [6, 6.07) is 30.8. The highest BCUT2D eigenvalue weighted by molar-refractivity contribution is 5.16. The minimum atomic E-state index is 0.662. The summed E-state index contributed by atoms with van der Waals surface area (Å²) in [7, 11) is 0. The number of rotatable bonds is 4. The molecule has 0 heteroatoms. The van der Waals surface area contributed by atoms with Crippen LogP contribution in [0.25, 0.3) is 0 Å². The summed E-state index contributed by atoms with van der Waals surface area (Å²) in [6.07, 6.45) is 9.11. The fraction of sp³-hybridized carbons (Fsp3) is 0.294. The van der Waals surface area contributed by atoms with Gasteiger partial charge in [-0.2, -0.15) is 0 Å². The van der Waals surface area contributed by atoms with Crippen molar-refractivity contribution in [2.24, 2.45) is 5.92 Å². The van der Waals surface area contributed by atoms with Gasteiger partial charge in [-0.15, -0.1) is 0 Å². The van der Waals surface area contributed by atoms with Crippen molar-refractivity contribution < 1.29 is 0 Å². The van der Waals surface area contributed by atoms with Gasteiger partial charge in [-0.3, -0.25) is 0 Å². The molecule has 0 amide bonds. The van der Waals surface area contributed by atoms with Crippen molar-refractivity contribution in [2.45, 2.75) is 61.8 Å². The Morgan fingerprint density at radius 2 is 0.971 bits per heavy atom. The van der Waals surface area contributed by atoms with Gasteiger partial charge in [0, 0.05) is 0 Å². The molecule has 0 fully saturated rings. The van der Waals surface area contributed by atoms with E-state index in [1.807, 2.05) is 80.6 Å². The summed E-state index contributed by atoms with van der Waals surface area (Å²) in [5, 5.41) is 0. The number of allylic oxidation sites excluding steroid dienone is 5. The molecule has 0 spiro atoms. The fourth-order valence-corrected chi connectivity index (χ4v) is 2.58. The van der Waals surface area contributed by atoms with E-state index in [0.29, 0.717) is 5.92 Å². The van der Waals surface area contributed by atoms with Crippen LogP contribution < -0.4 is 0 Å². The van der Waals surface area contributed by atoms with Crippen molar-refractivity contribution >= 4 is 0 Å². The molecule has 0 nitrogen and oxygen atoms in total. The second kappa shape index (κ2) is 24.5. The van der Waals surface area contributed by atoms with Crippen molar-refractivity contribution in [3.05, 3.63) is 144 Å². The molecule has 0 radical (unpaired) electrons. The highest BCUT2D eigenvalue weighted by Gasteiger charge is 1.96. The maximum Gasteiger partial charge on any atom is -0.0257 e. The first-order valence-electron chi connectivity index (χ1n) is 12.4. The van der Waals surface area contributed by atoms with Crippen LogP contribution >= 0.6 is 0 Å². The van der Waals surface area contributed by atoms with Gasteiger partial charge in [0.15, 0.2) is 0 Å². The number of benzene rings is 3. The van der Waals surface area contributed by atoms with Crippen molar-refractivity contribution in [3.63, 3.8) is 0 Å². The fourth-order valence-electron chi connectivity index (χ4n) is 2.58. The Balaban J connectivity index is 0. The van der Waals surface area contributed by atoms with E-state index in [2.05, 4.69) is 90.6 Å². The summed E-state index contributed by atoms with van der Waals surface area (Å²) in [5.41, 5.74) is 5.45. The summed E-state index contributed by atoms with van der Waals surface area (Å²) in [4.78, 5) is 0. The lowest BCUT2D eigenvalue weighted by atomic mass is 10.0. The van der Waals surface area contributed by atoms with Gasteiger partial charge >= 0.3 is 0 Å². The highest BCUT2D eigenvalue weighted by atomic mass is 14.0. The molecule has 3 aromatic carbocycles. The lowest BCUT2D eigenvalue weighted by Crippen LogP contribution is -1.90. The molecular weight excluding hydrogens is 408 g/mol. The van der Waals surface area contributed by atoms with Crippen LogP contribution in [0.2, 0.25) is 0 Å². The van der Waals surface area contributed by atoms with Crippen molar-refractivity contribution in [1.29, 1.82) is 0 Å². The van der Waals surface area contributed by atoms with Gasteiger partial charge in [0.05, 0.1) is 0 Å². The predicted molar refractivity (Wildman–Crippen MR) is 157 cm³/mol. The van der Waals surface area contributed by atoms with Crippen molar-refractivity contribution in [2.75, 3.05) is 0 Å². The Bertz CT molecular complexity index is 765. The third-order valence-electron chi connectivity index (χ3n) is 4.53. The minimum Gasteiger partial charge on any atom is -0.0991 e. The molecule has 0 saturated heterocycles. The standard InChI is InChI=1S/C11H18.3C7H8.C2H6/c1-5-7-8-9-11(6-2)10(3)4;3*1-7-5-3-2-4-6-7;1-2/h5,7-10H,1,6H2,2-4H3;3*2-6H,1H3;1-2H3/b8-7-,11-9-;;;;. The van der Waals surface area contributed by atoms with Gasteiger partial charge in [0.25, 0.3) is 0 Å². The van der Waals surface area contributed by atoms with Gasteiger partial charge in [0.1, 0.15) is 0 Å². The van der Waals surface area contributed by atoms with Crippen molar-refractivity contribution in [1.82, 2.24) is 0 Å². The molecule has 0 aliphatic heterocycles. The van der Waals surface area contributed by atoms with Gasteiger partial charge < -0.3 is 0 Å². The Labute approximate surface area is 211 Å². The van der Waals surface area contributed by atoms with Gasteiger partial charge in [0.2, 0.25) is 0 Å². The molecule has 0 aromatic heterocycles. The van der Waals surface area contributed by atoms with Crippen LogP contribution in [0.15, 0.2) is 127 Å². The van der Waals surface area contributed by atoms with Crippen LogP contribution in [0.5, 0.6) is 0 Å². The highest BCUT2D eigenvalue weighted by Crippen LogP contribution is 2.12. The Kier molecular flexibility index (Phi) is 23.8. The Morgan fingerprint density at radius 3 is 1.15 bits per heavy atom. The van der Waals surface area contributed by atoms with Crippen LogP contribution in [0, 0.1) is 26.7 Å². The van der Waals surface area contributed by atoms with E-state index < -0.39 is 0 Å². The first-order valence-corrected chi connectivity index (χ1v) is 12.4. The predicted octanol–water partition coefficient (Wildman–Crippen LogP) is 10.7. The zero-order valence-corrected chi connectivity index (χ0v) is 23.0. The second-order valence-electron chi connectivity index (χ2n) is 7.83. The molecule has 0 unspecified atom stereocenters. The molecule has 0 atom stereocenters. The molecule has 3 rings (SSSR count). The molecule has 0 aliphatic rings. The molecule has 0 heterocycles. The van der Waals surface area contributed by atoms with E-state index in [-0.39, 0.29) is 0 Å². The SMILES string of the molecule is C=C/C=C\C=C(\CC)C(C)C.CC.Cc1ccccc1.Cc1ccccc1.Cc1ccccc1. The Hall–Kier alpha value is -3.12. The zero-order valence-electron chi connectivity index (χ0n) is 23.0. The van der Waals surface area contributed by atoms with Crippen LogP contribution in [0.1, 0.15) is 57.7 Å². The molecule has 3 aromatic rings. The first-order chi connectivity index (χ1) is 16.4. The average Bonchev–Trinajstić information content (AvgIpc) is 2.86. The van der Waals surface area contributed by atoms with Gasteiger partial charge in [-0.1, -0.05) is 179 Å². The van der Waals surface area contributed by atoms with E-state index in [1.54, 1.807) is 6.08 Å². The summed E-state index contributed by atoms with van der Waals surface area (Å²) >= 11 is 0. The van der Waals surface area contributed by atoms with E-state index in [1.165, 1.54) is 22.3 Å². The molecular formula is C34H48. The quantitative estimate of drug-likeness (QED) is 0.342. The molecule has 34 heavy (non-hydrogen) atoms. The van der Waals surface area contributed by atoms with Crippen molar-refractivity contribution in [3.8, 4) is 0 Å². The normalized spacial score (nSPS) is 9.74. The smallest absolute Gasteiger partial charge is 0.0257 e. The Morgan fingerprint density at radius 1 is 0.647 bits per heavy atom. The van der Waals surface area contributed by atoms with Gasteiger partial charge in [-0.25, -0.2) is 0 Å².